The van der Waals surface area contributed by atoms with Crippen LogP contribution in [0.5, 0.6) is 0 Å². The molecule has 0 unspecified atom stereocenters. The maximum absolute atomic E-state index is 4.64. The number of anilines is 3. The molecule has 2 heteroatoms. The lowest BCUT2D eigenvalue weighted by Crippen LogP contribution is -2.10. The molecule has 1 heterocycles. The van der Waals surface area contributed by atoms with E-state index in [4.69, 9.17) is 0 Å². The van der Waals surface area contributed by atoms with Gasteiger partial charge < -0.3 is 4.90 Å². The Bertz CT molecular complexity index is 2640. The molecule has 0 bridgehead atoms. The molecule has 0 fully saturated rings. The summed E-state index contributed by atoms with van der Waals surface area (Å²) in [5.41, 5.74) is 13.7. The van der Waals surface area contributed by atoms with E-state index in [2.05, 4.69) is 204 Å². The van der Waals surface area contributed by atoms with Crippen molar-refractivity contribution in [2.45, 2.75) is 0 Å². The normalized spacial score (nSPS) is 11.1. The highest BCUT2D eigenvalue weighted by atomic mass is 15.1. The summed E-state index contributed by atoms with van der Waals surface area (Å²) in [6, 6.07) is 71.8. The molecule has 0 saturated carbocycles. The second-order valence-corrected chi connectivity index (χ2v) is 12.9. The average Bonchev–Trinajstić information content (AvgIpc) is 3.22. The number of hydrogen-bond donors (Lipinski definition) is 0. The highest BCUT2D eigenvalue weighted by Crippen LogP contribution is 2.42. The Morgan fingerprint density at radius 1 is 0.314 bits per heavy atom. The Labute approximate surface area is 298 Å². The lowest BCUT2D eigenvalue weighted by molar-refractivity contribution is 1.30. The van der Waals surface area contributed by atoms with Crippen molar-refractivity contribution in [2.75, 3.05) is 4.90 Å². The van der Waals surface area contributed by atoms with Gasteiger partial charge >= 0.3 is 0 Å². The van der Waals surface area contributed by atoms with Crippen LogP contribution in [0, 0.1) is 0 Å². The second-order valence-electron chi connectivity index (χ2n) is 12.9. The first-order valence-electron chi connectivity index (χ1n) is 17.4. The highest BCUT2D eigenvalue weighted by Gasteiger charge is 2.18. The van der Waals surface area contributed by atoms with Gasteiger partial charge in [-0.15, -0.1) is 0 Å². The van der Waals surface area contributed by atoms with Gasteiger partial charge in [0, 0.05) is 28.3 Å². The molecule has 0 aliphatic heterocycles. The van der Waals surface area contributed by atoms with Crippen LogP contribution in [0.1, 0.15) is 0 Å². The molecule has 8 aromatic carbocycles. The highest BCUT2D eigenvalue weighted by molar-refractivity contribution is 6.02. The van der Waals surface area contributed by atoms with Crippen LogP contribution in [0.25, 0.3) is 66.2 Å². The number of hydrogen-bond acceptors (Lipinski definition) is 2. The molecular formula is C49H34N2. The zero-order chi connectivity index (χ0) is 34.0. The van der Waals surface area contributed by atoms with Crippen LogP contribution in [-0.4, -0.2) is 4.98 Å². The Hall–Kier alpha value is -6.77. The van der Waals surface area contributed by atoms with E-state index in [0.29, 0.717) is 0 Å². The topological polar surface area (TPSA) is 16.1 Å². The average molecular weight is 651 g/mol. The van der Waals surface area contributed by atoms with Crippen molar-refractivity contribution in [3.63, 3.8) is 0 Å². The molecule has 240 valence electrons. The van der Waals surface area contributed by atoms with Crippen LogP contribution in [0.4, 0.5) is 17.1 Å². The number of benzene rings is 8. The zero-order valence-corrected chi connectivity index (χ0v) is 28.0. The molecule has 0 spiro atoms. The summed E-state index contributed by atoms with van der Waals surface area (Å²) in [7, 11) is 0. The number of aromatic nitrogens is 1. The van der Waals surface area contributed by atoms with E-state index in [1.54, 1.807) is 0 Å². The third-order valence-corrected chi connectivity index (χ3v) is 9.66. The number of rotatable bonds is 7. The molecule has 1 aromatic heterocycles. The van der Waals surface area contributed by atoms with Gasteiger partial charge in [0.1, 0.15) is 0 Å². The second kappa shape index (κ2) is 13.3. The molecule has 9 rings (SSSR count). The zero-order valence-electron chi connectivity index (χ0n) is 28.0. The van der Waals surface area contributed by atoms with E-state index in [1.807, 2.05) is 12.3 Å². The molecule has 0 amide bonds. The van der Waals surface area contributed by atoms with Crippen molar-refractivity contribution in [1.82, 2.24) is 4.98 Å². The summed E-state index contributed by atoms with van der Waals surface area (Å²) in [6.45, 7) is 0. The van der Waals surface area contributed by atoms with E-state index < -0.39 is 0 Å². The fourth-order valence-corrected chi connectivity index (χ4v) is 7.09. The number of pyridine rings is 1. The Balaban J connectivity index is 1.22. The van der Waals surface area contributed by atoms with Crippen LogP contribution < -0.4 is 4.90 Å². The van der Waals surface area contributed by atoms with Gasteiger partial charge in [0.2, 0.25) is 0 Å². The lowest BCUT2D eigenvalue weighted by Gasteiger charge is -2.28. The van der Waals surface area contributed by atoms with E-state index in [1.165, 1.54) is 44.2 Å². The van der Waals surface area contributed by atoms with Crippen molar-refractivity contribution in [3.8, 4) is 44.5 Å². The molecule has 9 aromatic rings. The molecular weight excluding hydrogens is 617 g/mol. The number of fused-ring (bicyclic) bond motifs is 2. The lowest BCUT2D eigenvalue weighted by atomic mass is 9.97. The van der Waals surface area contributed by atoms with E-state index in [0.717, 1.165) is 39.1 Å². The van der Waals surface area contributed by atoms with Gasteiger partial charge in [-0.2, -0.15) is 0 Å². The fourth-order valence-electron chi connectivity index (χ4n) is 7.09. The Morgan fingerprint density at radius 2 is 0.804 bits per heavy atom. The minimum atomic E-state index is 0.996. The molecule has 0 aliphatic rings. The molecule has 0 atom stereocenters. The first-order chi connectivity index (χ1) is 25.3. The van der Waals surface area contributed by atoms with Gasteiger partial charge in [0.15, 0.2) is 0 Å². The summed E-state index contributed by atoms with van der Waals surface area (Å²) in [6.07, 6.45) is 1.86. The van der Waals surface area contributed by atoms with Gasteiger partial charge in [-0.3, -0.25) is 4.98 Å². The van der Waals surface area contributed by atoms with E-state index >= 15 is 0 Å². The third kappa shape index (κ3) is 6.05. The van der Waals surface area contributed by atoms with Crippen LogP contribution in [0.3, 0.4) is 0 Å². The molecule has 0 saturated heterocycles. The largest absolute Gasteiger partial charge is 0.310 e. The Kier molecular flexibility index (Phi) is 7.88. The predicted molar refractivity (Wildman–Crippen MR) is 216 cm³/mol. The quantitative estimate of drug-likeness (QED) is 0.171. The summed E-state index contributed by atoms with van der Waals surface area (Å²) in [4.78, 5) is 7.04. The summed E-state index contributed by atoms with van der Waals surface area (Å²) >= 11 is 0. The first-order valence-corrected chi connectivity index (χ1v) is 17.4. The van der Waals surface area contributed by atoms with Crippen molar-refractivity contribution >= 4 is 38.7 Å². The maximum Gasteiger partial charge on any atom is 0.0708 e. The fraction of sp³-hybridized carbons (Fsp3) is 0. The van der Waals surface area contributed by atoms with Gasteiger partial charge in [0.05, 0.1) is 11.2 Å². The number of nitrogens with zero attached hydrogens (tertiary/aromatic N) is 2. The van der Waals surface area contributed by atoms with Gasteiger partial charge in [-0.1, -0.05) is 146 Å². The van der Waals surface area contributed by atoms with Crippen molar-refractivity contribution in [2.24, 2.45) is 0 Å². The summed E-state index contributed by atoms with van der Waals surface area (Å²) in [5.74, 6) is 0. The van der Waals surface area contributed by atoms with Crippen LogP contribution in [0.2, 0.25) is 0 Å². The van der Waals surface area contributed by atoms with Gasteiger partial charge in [0.25, 0.3) is 0 Å². The van der Waals surface area contributed by atoms with Crippen LogP contribution >= 0.6 is 0 Å². The molecule has 0 N–H and O–H groups in total. The smallest absolute Gasteiger partial charge is 0.0708 e. The predicted octanol–water partition coefficient (Wildman–Crippen LogP) is 13.5. The summed E-state index contributed by atoms with van der Waals surface area (Å²) in [5, 5.41) is 3.50. The van der Waals surface area contributed by atoms with Gasteiger partial charge in [-0.25, -0.2) is 0 Å². The van der Waals surface area contributed by atoms with Gasteiger partial charge in [-0.05, 0) is 104 Å². The monoisotopic (exact) mass is 650 g/mol. The van der Waals surface area contributed by atoms with E-state index in [-0.39, 0.29) is 0 Å². The minimum absolute atomic E-state index is 0.996. The SMILES string of the molecule is c1ccc(-c2cccc(-c3cccc(N(c4cccc(-c5ccccc5)c4)c4cccc5ccc(-c6ccc7cccnc7c6)cc45)c3)c2)cc1. The molecule has 0 radical (unpaired) electrons. The standard InChI is InChI=1S/C49H34N2/c1-3-12-35(13-4-1)39-17-7-18-40(30-39)42-20-9-23-46(32-42)51(45-22-8-19-41(31-45)36-14-5-2-6-15-36)49-24-10-16-37-25-27-43(33-47(37)49)44-28-26-38-21-11-29-50-48(38)34-44/h1-34H. The summed E-state index contributed by atoms with van der Waals surface area (Å²) < 4.78 is 0. The van der Waals surface area contributed by atoms with Crippen molar-refractivity contribution in [1.29, 1.82) is 0 Å². The Morgan fingerprint density at radius 3 is 1.49 bits per heavy atom. The van der Waals surface area contributed by atoms with Crippen LogP contribution in [-0.2, 0) is 0 Å². The van der Waals surface area contributed by atoms with Crippen molar-refractivity contribution < 1.29 is 0 Å². The van der Waals surface area contributed by atoms with Crippen LogP contribution in [0.15, 0.2) is 206 Å². The maximum atomic E-state index is 4.64. The molecule has 51 heavy (non-hydrogen) atoms. The van der Waals surface area contributed by atoms with E-state index in [9.17, 15) is 0 Å². The minimum Gasteiger partial charge on any atom is -0.310 e. The first kappa shape index (κ1) is 30.3. The third-order valence-electron chi connectivity index (χ3n) is 9.66. The molecule has 0 aliphatic carbocycles. The molecule has 2 nitrogen and oxygen atoms in total. The van der Waals surface area contributed by atoms with Crippen molar-refractivity contribution in [3.05, 3.63) is 206 Å².